The van der Waals surface area contributed by atoms with E-state index in [0.29, 0.717) is 24.7 Å². The Morgan fingerprint density at radius 2 is 2.04 bits per heavy atom. The van der Waals surface area contributed by atoms with Crippen molar-refractivity contribution in [2.75, 3.05) is 24.5 Å². The van der Waals surface area contributed by atoms with Crippen molar-refractivity contribution < 1.29 is 9.53 Å². The summed E-state index contributed by atoms with van der Waals surface area (Å²) in [6.07, 6.45) is 1.29. The molecule has 1 aliphatic rings. The maximum Gasteiger partial charge on any atom is 0.410 e. The normalized spacial score (nSPS) is 18.5. The number of halogens is 1. The van der Waals surface area contributed by atoms with Gasteiger partial charge in [0.1, 0.15) is 17.7 Å². The number of benzene rings is 1. The van der Waals surface area contributed by atoms with Crippen LogP contribution < -0.4 is 4.90 Å². The second-order valence-electron chi connectivity index (χ2n) is 7.33. The minimum absolute atomic E-state index is 0.0286. The number of carbonyl (C=O) groups excluding carboxylic acids is 1. The van der Waals surface area contributed by atoms with Gasteiger partial charge in [-0.2, -0.15) is 0 Å². The largest absolute Gasteiger partial charge is 0.444 e. The summed E-state index contributed by atoms with van der Waals surface area (Å²) in [6.45, 7) is 9.63. The second kappa shape index (κ2) is 6.67. The predicted octanol–water partition coefficient (Wildman–Crippen LogP) is 3.73. The van der Waals surface area contributed by atoms with Crippen LogP contribution in [0.5, 0.6) is 0 Å². The molecule has 2 heterocycles. The first-order valence-electron chi connectivity index (χ1n) is 8.39. The third kappa shape index (κ3) is 3.95. The fourth-order valence-corrected chi connectivity index (χ4v) is 3.18. The SMILES string of the molecule is C[C@@H]1CN(c2ncnc3cc(Cl)ccc23)CCN1C(=O)OC(C)(C)C. The molecule has 6 nitrogen and oxygen atoms in total. The molecule has 7 heteroatoms. The van der Waals surface area contributed by atoms with Crippen molar-refractivity contribution in [2.45, 2.75) is 39.3 Å². The van der Waals surface area contributed by atoms with E-state index in [1.54, 1.807) is 11.2 Å². The van der Waals surface area contributed by atoms with Crippen molar-refractivity contribution in [1.29, 1.82) is 0 Å². The molecule has 25 heavy (non-hydrogen) atoms. The Hall–Kier alpha value is -2.08. The van der Waals surface area contributed by atoms with Crippen molar-refractivity contribution in [1.82, 2.24) is 14.9 Å². The van der Waals surface area contributed by atoms with E-state index >= 15 is 0 Å². The standard InChI is InChI=1S/C18H23ClN4O2/c1-12-10-22(7-8-23(12)17(24)25-18(2,3)4)16-14-6-5-13(19)9-15(14)20-11-21-16/h5-6,9,11-12H,7-8,10H2,1-4H3/t12-/m1/s1. The van der Waals surface area contributed by atoms with Gasteiger partial charge in [-0.3, -0.25) is 0 Å². The molecule has 0 bridgehead atoms. The van der Waals surface area contributed by atoms with E-state index in [2.05, 4.69) is 14.9 Å². The molecule has 3 rings (SSSR count). The lowest BCUT2D eigenvalue weighted by molar-refractivity contribution is 0.0159. The first kappa shape index (κ1) is 17.7. The molecule has 0 spiro atoms. The van der Waals surface area contributed by atoms with Gasteiger partial charge in [0.2, 0.25) is 0 Å². The highest BCUT2D eigenvalue weighted by Gasteiger charge is 2.31. The van der Waals surface area contributed by atoms with Gasteiger partial charge in [-0.05, 0) is 45.9 Å². The maximum atomic E-state index is 12.4. The van der Waals surface area contributed by atoms with Crippen LogP contribution in [0.25, 0.3) is 10.9 Å². The molecule has 1 atom stereocenters. The first-order valence-corrected chi connectivity index (χ1v) is 8.77. The number of fused-ring (bicyclic) bond motifs is 1. The lowest BCUT2D eigenvalue weighted by Gasteiger charge is -2.40. The molecular weight excluding hydrogens is 340 g/mol. The van der Waals surface area contributed by atoms with Gasteiger partial charge in [0.05, 0.1) is 5.52 Å². The molecule has 1 fully saturated rings. The van der Waals surface area contributed by atoms with Gasteiger partial charge in [-0.1, -0.05) is 11.6 Å². The molecule has 0 saturated carbocycles. The van der Waals surface area contributed by atoms with Crippen molar-refractivity contribution in [3.8, 4) is 0 Å². The molecule has 134 valence electrons. The van der Waals surface area contributed by atoms with Gasteiger partial charge in [0, 0.05) is 36.1 Å². The summed E-state index contributed by atoms with van der Waals surface area (Å²) in [4.78, 5) is 25.1. The molecule has 1 aromatic carbocycles. The topological polar surface area (TPSA) is 58.6 Å². The highest BCUT2D eigenvalue weighted by Crippen LogP contribution is 2.27. The number of amides is 1. The zero-order chi connectivity index (χ0) is 18.2. The van der Waals surface area contributed by atoms with Gasteiger partial charge in [0.15, 0.2) is 0 Å². The first-order chi connectivity index (χ1) is 11.7. The number of rotatable bonds is 1. The number of piperazine rings is 1. The van der Waals surface area contributed by atoms with Crippen LogP contribution in [0.4, 0.5) is 10.6 Å². The van der Waals surface area contributed by atoms with Crippen molar-refractivity contribution in [3.63, 3.8) is 0 Å². The van der Waals surface area contributed by atoms with Crippen LogP contribution in [0.1, 0.15) is 27.7 Å². The molecule has 1 amide bonds. The van der Waals surface area contributed by atoms with Crippen molar-refractivity contribution in [2.24, 2.45) is 0 Å². The summed E-state index contributed by atoms with van der Waals surface area (Å²) in [5, 5.41) is 1.62. The predicted molar refractivity (Wildman–Crippen MR) is 99.2 cm³/mol. The Morgan fingerprint density at radius 3 is 2.72 bits per heavy atom. The van der Waals surface area contributed by atoms with Crippen LogP contribution in [0.15, 0.2) is 24.5 Å². The lowest BCUT2D eigenvalue weighted by atomic mass is 10.1. The zero-order valence-electron chi connectivity index (χ0n) is 15.0. The lowest BCUT2D eigenvalue weighted by Crippen LogP contribution is -2.55. The van der Waals surface area contributed by atoms with Crippen molar-refractivity contribution >= 4 is 34.4 Å². The fraction of sp³-hybridized carbons (Fsp3) is 0.500. The highest BCUT2D eigenvalue weighted by molar-refractivity contribution is 6.31. The Balaban J connectivity index is 1.79. The Bertz CT molecular complexity index is 790. The van der Waals surface area contributed by atoms with E-state index in [1.807, 2.05) is 45.9 Å². The average Bonchev–Trinajstić information content (AvgIpc) is 2.52. The molecule has 1 saturated heterocycles. The molecule has 0 N–H and O–H groups in total. The van der Waals surface area contributed by atoms with E-state index < -0.39 is 5.60 Å². The van der Waals surface area contributed by atoms with Crippen LogP contribution in [-0.2, 0) is 4.74 Å². The van der Waals surface area contributed by atoms with Crippen LogP contribution in [0, 0.1) is 0 Å². The van der Waals surface area contributed by atoms with Gasteiger partial charge in [-0.25, -0.2) is 14.8 Å². The molecule has 0 unspecified atom stereocenters. The maximum absolute atomic E-state index is 12.4. The Kier molecular flexibility index (Phi) is 4.73. The smallest absolute Gasteiger partial charge is 0.410 e. The number of carbonyl (C=O) groups is 1. The number of hydrogen-bond acceptors (Lipinski definition) is 5. The van der Waals surface area contributed by atoms with Crippen LogP contribution >= 0.6 is 11.6 Å². The van der Waals surface area contributed by atoms with Crippen LogP contribution in [0.2, 0.25) is 5.02 Å². The van der Waals surface area contributed by atoms with Gasteiger partial charge in [0.25, 0.3) is 0 Å². The number of nitrogens with zero attached hydrogens (tertiary/aromatic N) is 4. The summed E-state index contributed by atoms with van der Waals surface area (Å²) >= 11 is 6.05. The average molecular weight is 363 g/mol. The quantitative estimate of drug-likeness (QED) is 0.773. The zero-order valence-corrected chi connectivity index (χ0v) is 15.7. The monoisotopic (exact) mass is 362 g/mol. The molecular formula is C18H23ClN4O2. The van der Waals surface area contributed by atoms with Gasteiger partial charge < -0.3 is 14.5 Å². The number of anilines is 1. The number of aromatic nitrogens is 2. The van der Waals surface area contributed by atoms with E-state index in [9.17, 15) is 4.79 Å². The van der Waals surface area contributed by atoms with Gasteiger partial charge in [-0.15, -0.1) is 0 Å². The summed E-state index contributed by atoms with van der Waals surface area (Å²) in [7, 11) is 0. The summed E-state index contributed by atoms with van der Waals surface area (Å²) < 4.78 is 5.50. The van der Waals surface area contributed by atoms with E-state index in [0.717, 1.165) is 16.7 Å². The Labute approximate surface area is 152 Å². The Morgan fingerprint density at radius 1 is 1.28 bits per heavy atom. The van der Waals surface area contributed by atoms with E-state index in [4.69, 9.17) is 16.3 Å². The molecule has 0 radical (unpaired) electrons. The summed E-state index contributed by atoms with van der Waals surface area (Å²) in [5.74, 6) is 0.873. The highest BCUT2D eigenvalue weighted by atomic mass is 35.5. The minimum atomic E-state index is -0.490. The fourth-order valence-electron chi connectivity index (χ4n) is 3.01. The number of ether oxygens (including phenoxy) is 1. The second-order valence-corrected chi connectivity index (χ2v) is 7.76. The van der Waals surface area contributed by atoms with E-state index in [-0.39, 0.29) is 12.1 Å². The van der Waals surface area contributed by atoms with Crippen molar-refractivity contribution in [3.05, 3.63) is 29.5 Å². The van der Waals surface area contributed by atoms with Crippen LogP contribution in [-0.4, -0.2) is 52.2 Å². The third-order valence-electron chi connectivity index (χ3n) is 4.13. The summed E-state index contributed by atoms with van der Waals surface area (Å²) in [5.41, 5.74) is 0.329. The molecule has 0 aliphatic carbocycles. The third-order valence-corrected chi connectivity index (χ3v) is 4.37. The number of hydrogen-bond donors (Lipinski definition) is 0. The van der Waals surface area contributed by atoms with Gasteiger partial charge >= 0.3 is 6.09 Å². The molecule has 1 aliphatic heterocycles. The minimum Gasteiger partial charge on any atom is -0.444 e. The molecule has 2 aromatic rings. The van der Waals surface area contributed by atoms with Crippen LogP contribution in [0.3, 0.4) is 0 Å². The summed E-state index contributed by atoms with van der Waals surface area (Å²) in [6, 6.07) is 5.65. The molecule has 1 aromatic heterocycles. The van der Waals surface area contributed by atoms with E-state index in [1.165, 1.54) is 0 Å².